The van der Waals surface area contributed by atoms with E-state index in [2.05, 4.69) is 9.97 Å². The molecule has 0 radical (unpaired) electrons. The van der Waals surface area contributed by atoms with Crippen LogP contribution < -0.4 is 4.74 Å². The Hall–Kier alpha value is -2.54. The zero-order valence-electron chi connectivity index (χ0n) is 12.0. The van der Waals surface area contributed by atoms with Crippen molar-refractivity contribution in [3.05, 3.63) is 36.4 Å². The van der Waals surface area contributed by atoms with Crippen LogP contribution in [-0.4, -0.2) is 36.9 Å². The van der Waals surface area contributed by atoms with Crippen molar-refractivity contribution < 1.29 is 18.3 Å². The molecule has 3 aromatic rings. The summed E-state index contributed by atoms with van der Waals surface area (Å²) in [5, 5.41) is 9.50. The highest BCUT2D eigenvalue weighted by Gasteiger charge is 2.14. The number of aromatic hydroxyl groups is 1. The largest absolute Gasteiger partial charge is 0.508 e. The summed E-state index contributed by atoms with van der Waals surface area (Å²) in [5.41, 5.74) is 1.95. The van der Waals surface area contributed by atoms with Crippen molar-refractivity contribution in [1.82, 2.24) is 9.97 Å². The first-order chi connectivity index (χ1) is 10.4. The van der Waals surface area contributed by atoms with E-state index >= 15 is 0 Å². The second-order valence-corrected chi connectivity index (χ2v) is 6.94. The van der Waals surface area contributed by atoms with E-state index in [0.717, 1.165) is 11.8 Å². The lowest BCUT2D eigenvalue weighted by molar-refractivity contribution is 0.409. The highest BCUT2D eigenvalue weighted by Crippen LogP contribution is 2.32. The zero-order valence-corrected chi connectivity index (χ0v) is 12.8. The molecule has 0 bridgehead atoms. The van der Waals surface area contributed by atoms with E-state index in [0.29, 0.717) is 22.7 Å². The standard InChI is InChI=1S/C15H14N2O4S/c1-21-14-7-9(18)3-5-11(14)15-16-12-6-4-10(22(2,19)20)8-13(12)17-15/h3-8,18H,1-2H3,(H,16,17). The molecule has 7 heteroatoms. The zero-order chi connectivity index (χ0) is 15.9. The Morgan fingerprint density at radius 3 is 2.64 bits per heavy atom. The topological polar surface area (TPSA) is 92.3 Å². The number of aromatic nitrogens is 2. The molecular formula is C15H14N2O4S. The van der Waals surface area contributed by atoms with E-state index in [-0.39, 0.29) is 10.6 Å². The smallest absolute Gasteiger partial charge is 0.175 e. The second-order valence-electron chi connectivity index (χ2n) is 4.92. The third-order valence-electron chi connectivity index (χ3n) is 3.32. The molecule has 1 aromatic heterocycles. The van der Waals surface area contributed by atoms with Crippen molar-refractivity contribution in [2.45, 2.75) is 4.90 Å². The molecule has 114 valence electrons. The molecule has 0 amide bonds. The maximum absolute atomic E-state index is 11.6. The Kier molecular flexibility index (Phi) is 3.29. The van der Waals surface area contributed by atoms with Crippen molar-refractivity contribution >= 4 is 20.9 Å². The van der Waals surface area contributed by atoms with Gasteiger partial charge in [0.2, 0.25) is 0 Å². The number of fused-ring (bicyclic) bond motifs is 1. The Morgan fingerprint density at radius 1 is 1.18 bits per heavy atom. The van der Waals surface area contributed by atoms with Gasteiger partial charge in [0.1, 0.15) is 17.3 Å². The number of imidazole rings is 1. The summed E-state index contributed by atoms with van der Waals surface area (Å²) < 4.78 is 28.4. The van der Waals surface area contributed by atoms with Gasteiger partial charge in [-0.15, -0.1) is 0 Å². The first kappa shape index (κ1) is 14.4. The summed E-state index contributed by atoms with van der Waals surface area (Å²) in [6.45, 7) is 0. The first-order valence-electron chi connectivity index (χ1n) is 6.45. The summed E-state index contributed by atoms with van der Waals surface area (Å²) in [6.07, 6.45) is 1.16. The molecule has 0 saturated heterocycles. The third-order valence-corrected chi connectivity index (χ3v) is 4.43. The normalized spacial score (nSPS) is 11.7. The number of nitrogens with zero attached hydrogens (tertiary/aromatic N) is 1. The predicted octanol–water partition coefficient (Wildman–Crippen LogP) is 2.35. The Balaban J connectivity index is 2.17. The number of aromatic amines is 1. The van der Waals surface area contributed by atoms with Crippen LogP contribution in [0.4, 0.5) is 0 Å². The summed E-state index contributed by atoms with van der Waals surface area (Å²) >= 11 is 0. The third kappa shape index (κ3) is 2.50. The molecule has 0 fully saturated rings. The van der Waals surface area contributed by atoms with Crippen molar-refractivity contribution in [3.63, 3.8) is 0 Å². The van der Waals surface area contributed by atoms with Gasteiger partial charge in [-0.3, -0.25) is 0 Å². The Labute approximate surface area is 127 Å². The van der Waals surface area contributed by atoms with E-state index in [4.69, 9.17) is 4.74 Å². The van der Waals surface area contributed by atoms with Crippen LogP contribution in [0.2, 0.25) is 0 Å². The average Bonchev–Trinajstić information content (AvgIpc) is 2.88. The van der Waals surface area contributed by atoms with Crippen molar-refractivity contribution in [1.29, 1.82) is 0 Å². The summed E-state index contributed by atoms with van der Waals surface area (Å²) in [4.78, 5) is 7.75. The molecule has 2 N–H and O–H groups in total. The van der Waals surface area contributed by atoms with Gasteiger partial charge < -0.3 is 14.8 Å². The van der Waals surface area contributed by atoms with Crippen molar-refractivity contribution in [3.8, 4) is 22.9 Å². The molecule has 0 aliphatic heterocycles. The highest BCUT2D eigenvalue weighted by atomic mass is 32.2. The number of methoxy groups -OCH3 is 1. The quantitative estimate of drug-likeness (QED) is 0.773. The monoisotopic (exact) mass is 318 g/mol. The van der Waals surface area contributed by atoms with Crippen molar-refractivity contribution in [2.24, 2.45) is 0 Å². The number of nitrogens with one attached hydrogen (secondary N) is 1. The maximum atomic E-state index is 11.6. The van der Waals surface area contributed by atoms with Gasteiger partial charge in [0.15, 0.2) is 9.84 Å². The Bertz CT molecular complexity index is 961. The summed E-state index contributed by atoms with van der Waals surface area (Å²) in [6, 6.07) is 9.45. The van der Waals surface area contributed by atoms with Crippen LogP contribution in [0.3, 0.4) is 0 Å². The minimum atomic E-state index is -3.28. The molecule has 2 aromatic carbocycles. The Morgan fingerprint density at radius 2 is 1.95 bits per heavy atom. The fraction of sp³-hybridized carbons (Fsp3) is 0.133. The van der Waals surface area contributed by atoms with Crippen LogP contribution in [0.15, 0.2) is 41.3 Å². The van der Waals surface area contributed by atoms with Gasteiger partial charge in [-0.25, -0.2) is 13.4 Å². The molecular weight excluding hydrogens is 304 g/mol. The van der Waals surface area contributed by atoms with Gasteiger partial charge in [-0.2, -0.15) is 0 Å². The van der Waals surface area contributed by atoms with Crippen LogP contribution in [-0.2, 0) is 9.84 Å². The number of phenolic OH excluding ortho intramolecular Hbond substituents is 1. The fourth-order valence-corrected chi connectivity index (χ4v) is 2.86. The predicted molar refractivity (Wildman–Crippen MR) is 82.9 cm³/mol. The number of H-pyrrole nitrogens is 1. The number of benzene rings is 2. The molecule has 6 nitrogen and oxygen atoms in total. The lowest BCUT2D eigenvalue weighted by Crippen LogP contribution is -1.96. The van der Waals surface area contributed by atoms with Gasteiger partial charge in [0, 0.05) is 12.3 Å². The first-order valence-corrected chi connectivity index (χ1v) is 8.35. The van der Waals surface area contributed by atoms with Crippen LogP contribution in [0.1, 0.15) is 0 Å². The highest BCUT2D eigenvalue weighted by molar-refractivity contribution is 7.90. The summed E-state index contributed by atoms with van der Waals surface area (Å²) in [5.74, 6) is 1.11. The minimum Gasteiger partial charge on any atom is -0.508 e. The number of hydrogen-bond donors (Lipinski definition) is 2. The second kappa shape index (κ2) is 5.03. The lowest BCUT2D eigenvalue weighted by Gasteiger charge is -2.06. The van der Waals surface area contributed by atoms with Crippen LogP contribution in [0.5, 0.6) is 11.5 Å². The van der Waals surface area contributed by atoms with Crippen LogP contribution in [0.25, 0.3) is 22.4 Å². The molecule has 22 heavy (non-hydrogen) atoms. The molecule has 1 heterocycles. The number of rotatable bonds is 3. The average molecular weight is 318 g/mol. The van der Waals surface area contributed by atoms with Gasteiger partial charge in [0.25, 0.3) is 0 Å². The fourth-order valence-electron chi connectivity index (χ4n) is 2.22. The van der Waals surface area contributed by atoms with Gasteiger partial charge in [0.05, 0.1) is 28.6 Å². The van der Waals surface area contributed by atoms with Gasteiger partial charge in [-0.05, 0) is 30.3 Å². The molecule has 0 saturated carbocycles. The lowest BCUT2D eigenvalue weighted by atomic mass is 10.2. The number of phenols is 1. The van der Waals surface area contributed by atoms with Crippen LogP contribution >= 0.6 is 0 Å². The van der Waals surface area contributed by atoms with Crippen LogP contribution in [0, 0.1) is 0 Å². The van der Waals surface area contributed by atoms with Gasteiger partial charge in [-0.1, -0.05) is 0 Å². The molecule has 3 rings (SSSR count). The molecule has 0 aliphatic carbocycles. The molecule has 0 spiro atoms. The van der Waals surface area contributed by atoms with E-state index in [9.17, 15) is 13.5 Å². The van der Waals surface area contributed by atoms with Crippen molar-refractivity contribution in [2.75, 3.05) is 13.4 Å². The molecule has 0 unspecified atom stereocenters. The minimum absolute atomic E-state index is 0.0936. The summed E-state index contributed by atoms with van der Waals surface area (Å²) in [7, 11) is -1.78. The van der Waals surface area contributed by atoms with Gasteiger partial charge >= 0.3 is 0 Å². The number of hydrogen-bond acceptors (Lipinski definition) is 5. The number of sulfone groups is 1. The van der Waals surface area contributed by atoms with E-state index in [1.165, 1.54) is 31.4 Å². The van der Waals surface area contributed by atoms with E-state index in [1.54, 1.807) is 12.1 Å². The molecule has 0 atom stereocenters. The number of ether oxygens (including phenoxy) is 1. The maximum Gasteiger partial charge on any atom is 0.175 e. The van der Waals surface area contributed by atoms with E-state index < -0.39 is 9.84 Å². The SMILES string of the molecule is COc1cc(O)ccc1-c1nc2cc(S(C)(=O)=O)ccc2[nH]1. The molecule has 0 aliphatic rings. The van der Waals surface area contributed by atoms with E-state index in [1.807, 2.05) is 0 Å².